The van der Waals surface area contributed by atoms with Crippen LogP contribution in [0, 0.1) is 0 Å². The van der Waals surface area contributed by atoms with Gasteiger partial charge in [-0.25, -0.2) is 4.79 Å². The van der Waals surface area contributed by atoms with Crippen molar-refractivity contribution in [1.29, 1.82) is 0 Å². The molecule has 54 heavy (non-hydrogen) atoms. The summed E-state index contributed by atoms with van der Waals surface area (Å²) in [5, 5.41) is 72.1. The molecule has 0 radical (unpaired) electrons. The van der Waals surface area contributed by atoms with E-state index < -0.39 is 78.8 Å². The van der Waals surface area contributed by atoms with Crippen molar-refractivity contribution < 1.29 is 64.1 Å². The van der Waals surface area contributed by atoms with Gasteiger partial charge in [0.15, 0.2) is 0 Å². The fraction of sp³-hybridized carbons (Fsp3) is 0.806. The lowest BCUT2D eigenvalue weighted by atomic mass is 10.0. The minimum absolute atomic E-state index is 0.0182. The van der Waals surface area contributed by atoms with Crippen molar-refractivity contribution in [2.24, 2.45) is 5.73 Å². The summed E-state index contributed by atoms with van der Waals surface area (Å²) < 4.78 is 5.62. The third kappa shape index (κ3) is 15.4. The van der Waals surface area contributed by atoms with Gasteiger partial charge < -0.3 is 67.7 Å². The van der Waals surface area contributed by atoms with Gasteiger partial charge in [-0.2, -0.15) is 35.3 Å². The molecule has 3 aliphatic heterocycles. The van der Waals surface area contributed by atoms with E-state index in [1.54, 1.807) is 0 Å². The highest BCUT2D eigenvalue weighted by Gasteiger charge is 2.44. The van der Waals surface area contributed by atoms with E-state index in [0.717, 1.165) is 30.4 Å². The van der Waals surface area contributed by atoms with E-state index in [4.69, 9.17) is 20.7 Å². The maximum Gasteiger partial charge on any atom is 0.322 e. The summed E-state index contributed by atoms with van der Waals surface area (Å²) in [5.74, 6) is -1.98. The number of nitrogens with two attached hydrogens (primary N) is 1. The zero-order chi connectivity index (χ0) is 39.8. The van der Waals surface area contributed by atoms with E-state index in [1.807, 2.05) is 11.8 Å². The summed E-state index contributed by atoms with van der Waals surface area (Å²) in [6.07, 6.45) is -3.24. The number of urea groups is 1. The summed E-state index contributed by atoms with van der Waals surface area (Å²) in [4.78, 5) is 71.5. The van der Waals surface area contributed by atoms with E-state index in [9.17, 15) is 49.2 Å². The number of rotatable bonds is 25. The number of aliphatic hydroxyl groups is 4. The number of hydrogen-bond acceptors (Lipinski definition) is 16. The molecule has 3 rings (SSSR count). The largest absolute Gasteiger partial charge is 0.480 e. The molecule has 3 aliphatic rings. The van der Waals surface area contributed by atoms with Crippen molar-refractivity contribution in [2.45, 2.75) is 103 Å². The molecule has 11 atom stereocenters. The molecule has 0 saturated carbocycles. The Morgan fingerprint density at radius 2 is 1.72 bits per heavy atom. The van der Waals surface area contributed by atoms with Gasteiger partial charge in [-0.15, -0.1) is 11.8 Å². The second kappa shape index (κ2) is 23.8. The minimum Gasteiger partial charge on any atom is -0.480 e. The number of unbranched alkanes of at least 4 members (excludes halogenated alkanes) is 1. The monoisotopic (exact) mass is 844 g/mol. The van der Waals surface area contributed by atoms with Gasteiger partial charge in [0.25, 0.3) is 0 Å². The Hall–Kier alpha value is -2.22. The van der Waals surface area contributed by atoms with Gasteiger partial charge in [0.05, 0.1) is 18.7 Å². The van der Waals surface area contributed by atoms with Crippen LogP contribution < -0.4 is 32.3 Å². The molecule has 23 heteroatoms. The molecule has 1 unspecified atom stereocenters. The van der Waals surface area contributed by atoms with Gasteiger partial charge in [-0.1, -0.05) is 6.42 Å². The van der Waals surface area contributed by atoms with Crippen molar-refractivity contribution in [3.05, 3.63) is 0 Å². The molecule has 0 bridgehead atoms. The lowest BCUT2D eigenvalue weighted by molar-refractivity contribution is -0.205. The van der Waals surface area contributed by atoms with Crippen molar-refractivity contribution in [3.8, 4) is 0 Å². The fourth-order valence-corrected chi connectivity index (χ4v) is 11.4. The highest BCUT2D eigenvalue weighted by molar-refractivity contribution is 8.05. The molecular weight excluding hydrogens is 793 g/mol. The zero-order valence-corrected chi connectivity index (χ0v) is 32.8. The third-order valence-corrected chi connectivity index (χ3v) is 14.5. The van der Waals surface area contributed by atoms with Gasteiger partial charge in [0, 0.05) is 58.7 Å². The standard InChI is InChI=1S/C31H52N6O13S4/c32-16(29(47)48)5-6-22(40)35-18(28(46)34-9-23(41)42)13-51-11-15(12-54-30-27(45)26(44)25(43)19(10-38)50-30)52-8-7-33-21(39)4-2-1-3-20-24-17(14-53-20)36-31(49)37-24/h15-20,24-27,30,38,43-45H,1-14,32H2,(H,33,39)(H,34,46)(H,35,40)(H,41,42)(H,47,48)(H2,36,37,49)/t15?,16-,17-,18-,19+,20-,24-,25+,26-,27+,30-/m0/s1. The van der Waals surface area contributed by atoms with Crippen LogP contribution in [0.3, 0.4) is 0 Å². The Morgan fingerprint density at radius 3 is 2.43 bits per heavy atom. The number of thioether (sulfide) groups is 4. The Bertz CT molecular complexity index is 1280. The van der Waals surface area contributed by atoms with Crippen LogP contribution in [0.1, 0.15) is 38.5 Å². The molecule has 0 spiro atoms. The van der Waals surface area contributed by atoms with Crippen molar-refractivity contribution in [3.63, 3.8) is 0 Å². The SMILES string of the molecule is N[C@@H](CCC(=O)N[C@@H](CSCC(CS[C@@H]1O[C@H](CO)[C@@H](O)[C@H](O)[C@H]1O)SCCNC(=O)CCCC[C@@H]1SC[C@@H]2NC(=O)N[C@@H]21)C(=O)NCC(=O)O)C(=O)O. The Labute approximate surface area is 329 Å². The van der Waals surface area contributed by atoms with Crippen molar-refractivity contribution in [2.75, 3.05) is 48.5 Å². The molecule has 0 aromatic rings. The lowest BCUT2D eigenvalue weighted by Crippen LogP contribution is -2.57. The third-order valence-electron chi connectivity index (χ3n) is 8.81. The molecule has 3 saturated heterocycles. The quantitative estimate of drug-likeness (QED) is 0.0323. The van der Waals surface area contributed by atoms with Crippen LogP contribution in [0.2, 0.25) is 0 Å². The van der Waals surface area contributed by atoms with E-state index in [2.05, 4.69) is 26.6 Å². The van der Waals surface area contributed by atoms with Crippen LogP contribution in [-0.4, -0.2) is 179 Å². The van der Waals surface area contributed by atoms with Crippen LogP contribution >= 0.6 is 47.0 Å². The number of aliphatic carboxylic acids is 2. The van der Waals surface area contributed by atoms with Gasteiger partial charge in [-0.3, -0.25) is 24.0 Å². The van der Waals surface area contributed by atoms with Crippen molar-refractivity contribution >= 4 is 82.7 Å². The van der Waals surface area contributed by atoms with Gasteiger partial charge in [0.1, 0.15) is 48.5 Å². The summed E-state index contributed by atoms with van der Waals surface area (Å²) >= 11 is 5.73. The topological polar surface area (TPSA) is 319 Å². The van der Waals surface area contributed by atoms with Crippen molar-refractivity contribution in [1.82, 2.24) is 26.6 Å². The molecule has 308 valence electrons. The fourth-order valence-electron chi connectivity index (χ4n) is 5.79. The van der Waals surface area contributed by atoms with Gasteiger partial charge in [-0.05, 0) is 19.3 Å². The Kier molecular flexibility index (Phi) is 20.3. The van der Waals surface area contributed by atoms with Gasteiger partial charge >= 0.3 is 18.0 Å². The number of aliphatic hydroxyl groups excluding tert-OH is 4. The number of fused-ring (bicyclic) bond motifs is 1. The number of carbonyl (C=O) groups is 6. The van der Waals surface area contributed by atoms with E-state index in [0.29, 0.717) is 41.9 Å². The minimum atomic E-state index is -1.54. The van der Waals surface area contributed by atoms with Crippen LogP contribution in [0.15, 0.2) is 0 Å². The van der Waals surface area contributed by atoms with E-state index in [-0.39, 0.29) is 47.9 Å². The highest BCUT2D eigenvalue weighted by Crippen LogP contribution is 2.34. The van der Waals surface area contributed by atoms with Crippen LogP contribution in [-0.2, 0) is 28.7 Å². The molecular formula is C31H52N6O13S4. The molecule has 0 aliphatic carbocycles. The number of carbonyl (C=O) groups excluding carboxylic acids is 4. The second-order valence-corrected chi connectivity index (χ2v) is 17.9. The molecule has 3 fully saturated rings. The summed E-state index contributed by atoms with van der Waals surface area (Å²) in [6, 6.07) is -2.30. The van der Waals surface area contributed by atoms with E-state index >= 15 is 0 Å². The summed E-state index contributed by atoms with van der Waals surface area (Å²) in [5.41, 5.74) is 4.49. The van der Waals surface area contributed by atoms with Crippen LogP contribution in [0.4, 0.5) is 4.79 Å². The maximum atomic E-state index is 12.8. The average molecular weight is 845 g/mol. The van der Waals surface area contributed by atoms with Crippen LogP contribution in [0.25, 0.3) is 0 Å². The first-order chi connectivity index (χ1) is 25.7. The Morgan fingerprint density at radius 1 is 0.963 bits per heavy atom. The van der Waals surface area contributed by atoms with Crippen LogP contribution in [0.5, 0.6) is 0 Å². The molecule has 3 heterocycles. The normalized spacial score (nSPS) is 27.8. The maximum absolute atomic E-state index is 12.8. The number of carboxylic acids is 2. The number of hydrogen-bond donors (Lipinski definition) is 12. The number of amides is 5. The smallest absolute Gasteiger partial charge is 0.322 e. The highest BCUT2D eigenvalue weighted by atomic mass is 32.2. The first kappa shape index (κ1) is 46.2. The lowest BCUT2D eigenvalue weighted by Gasteiger charge is -2.40. The molecule has 5 amide bonds. The second-order valence-electron chi connectivity index (χ2n) is 13.0. The number of carboxylic acid groups (broad SMARTS) is 2. The first-order valence-electron chi connectivity index (χ1n) is 17.5. The molecule has 13 N–H and O–H groups in total. The molecule has 19 nitrogen and oxygen atoms in total. The molecule has 0 aromatic heterocycles. The van der Waals surface area contributed by atoms with Gasteiger partial charge in [0.2, 0.25) is 17.7 Å². The predicted octanol–water partition coefficient (Wildman–Crippen LogP) is -2.93. The summed E-state index contributed by atoms with van der Waals surface area (Å²) in [6.45, 7) is -0.910. The number of nitrogens with one attached hydrogen (secondary N) is 5. The zero-order valence-electron chi connectivity index (χ0n) is 29.5. The first-order valence-corrected chi connectivity index (χ1v) is 21.8. The number of ether oxygens (including phenoxy) is 1. The van der Waals surface area contributed by atoms with E-state index in [1.165, 1.54) is 23.5 Å². The summed E-state index contributed by atoms with van der Waals surface area (Å²) in [7, 11) is 0. The predicted molar refractivity (Wildman–Crippen MR) is 204 cm³/mol. The Balaban J connectivity index is 1.51. The average Bonchev–Trinajstić information content (AvgIpc) is 3.69. The molecule has 0 aromatic carbocycles.